The third-order valence-electron chi connectivity index (χ3n) is 4.05. The van der Waals surface area contributed by atoms with Crippen LogP contribution in [0.4, 0.5) is 4.39 Å². The monoisotopic (exact) mass is 382 g/mol. The molecule has 0 saturated carbocycles. The fourth-order valence-electron chi connectivity index (χ4n) is 2.63. The van der Waals surface area contributed by atoms with Crippen LogP contribution in [-0.2, 0) is 9.47 Å². The Bertz CT molecular complexity index is 913. The topological polar surface area (TPSA) is 90.4 Å². The molecule has 0 bridgehead atoms. The van der Waals surface area contributed by atoms with Crippen molar-refractivity contribution in [2.75, 3.05) is 6.61 Å². The molecule has 2 heterocycles. The number of rotatable bonds is 4. The molecule has 0 spiro atoms. The van der Waals surface area contributed by atoms with E-state index in [0.29, 0.717) is 5.56 Å². The maximum absolute atomic E-state index is 14.4. The number of hydrogen-bond donors (Lipinski definition) is 1. The number of alkyl halides is 2. The van der Waals surface area contributed by atoms with Crippen molar-refractivity contribution in [1.82, 2.24) is 9.55 Å². The number of hydrogen-bond acceptors (Lipinski definition) is 5. The number of benzene rings is 1. The smallest absolute Gasteiger partial charge is 0.338 e. The molecular formula is C17H16ClFN2O5. The number of carbonyl (C=O) groups excluding carboxylic acids is 1. The number of aromatic nitrogens is 2. The summed E-state index contributed by atoms with van der Waals surface area (Å²) in [5, 5.41) is -1.18. The quantitative estimate of drug-likeness (QED) is 0.640. The summed E-state index contributed by atoms with van der Waals surface area (Å²) in [6, 6.07) is 8.24. The molecule has 1 aliphatic rings. The van der Waals surface area contributed by atoms with Gasteiger partial charge in [0.05, 0.1) is 5.56 Å². The highest BCUT2D eigenvalue weighted by atomic mass is 35.5. The first kappa shape index (κ1) is 18.3. The van der Waals surface area contributed by atoms with Gasteiger partial charge < -0.3 is 9.47 Å². The number of H-pyrrole nitrogens is 1. The van der Waals surface area contributed by atoms with E-state index in [2.05, 4.69) is 4.98 Å². The first-order valence-corrected chi connectivity index (χ1v) is 8.30. The van der Waals surface area contributed by atoms with Crippen LogP contribution in [0.5, 0.6) is 0 Å². The minimum absolute atomic E-state index is 0.256. The average molecular weight is 383 g/mol. The Labute approximate surface area is 152 Å². The second-order valence-electron chi connectivity index (χ2n) is 5.90. The van der Waals surface area contributed by atoms with Gasteiger partial charge in [-0.1, -0.05) is 18.2 Å². The maximum Gasteiger partial charge on any atom is 0.338 e. The first-order valence-electron chi connectivity index (χ1n) is 7.86. The van der Waals surface area contributed by atoms with Gasteiger partial charge in [0, 0.05) is 11.8 Å². The largest absolute Gasteiger partial charge is 0.459 e. The van der Waals surface area contributed by atoms with Crippen molar-refractivity contribution in [3.8, 4) is 0 Å². The van der Waals surface area contributed by atoms with Gasteiger partial charge in [-0.2, -0.15) is 0 Å². The molecule has 1 aromatic carbocycles. The molecule has 1 saturated heterocycles. The van der Waals surface area contributed by atoms with Crippen molar-refractivity contribution in [3.63, 3.8) is 0 Å². The molecule has 2 aromatic rings. The van der Waals surface area contributed by atoms with E-state index in [9.17, 15) is 18.8 Å². The molecule has 9 heteroatoms. The predicted octanol–water partition coefficient (Wildman–Crippen LogP) is 1.54. The summed E-state index contributed by atoms with van der Waals surface area (Å²) in [6.07, 6.45) is -2.67. The summed E-state index contributed by atoms with van der Waals surface area (Å²) < 4.78 is 26.0. The predicted molar refractivity (Wildman–Crippen MR) is 91.2 cm³/mol. The van der Waals surface area contributed by atoms with Crippen molar-refractivity contribution >= 4 is 17.6 Å². The van der Waals surface area contributed by atoms with Crippen LogP contribution in [0.3, 0.4) is 0 Å². The summed E-state index contributed by atoms with van der Waals surface area (Å²) in [5.41, 5.74) is -0.718. The molecule has 0 radical (unpaired) electrons. The van der Waals surface area contributed by atoms with Crippen molar-refractivity contribution < 1.29 is 18.7 Å². The number of halogens is 2. The van der Waals surface area contributed by atoms with E-state index in [-0.39, 0.29) is 12.2 Å². The Morgan fingerprint density at radius 1 is 1.35 bits per heavy atom. The van der Waals surface area contributed by atoms with Crippen LogP contribution in [-0.4, -0.2) is 39.8 Å². The molecule has 4 atom stereocenters. The summed E-state index contributed by atoms with van der Waals surface area (Å²) >= 11 is 6.06. The summed E-state index contributed by atoms with van der Waals surface area (Å²) in [7, 11) is 0. The molecule has 1 N–H and O–H groups in total. The van der Waals surface area contributed by atoms with Crippen molar-refractivity contribution in [2.24, 2.45) is 0 Å². The number of nitrogens with one attached hydrogen (secondary N) is 1. The van der Waals surface area contributed by atoms with Gasteiger partial charge in [0.1, 0.15) is 18.1 Å². The Kier molecular flexibility index (Phi) is 5.24. The summed E-state index contributed by atoms with van der Waals surface area (Å²) in [4.78, 5) is 37.5. The highest BCUT2D eigenvalue weighted by Crippen LogP contribution is 2.34. The fraction of sp³-hybridized carbons (Fsp3) is 0.353. The van der Waals surface area contributed by atoms with Gasteiger partial charge in [-0.25, -0.2) is 14.0 Å². The zero-order valence-corrected chi connectivity index (χ0v) is 14.5. The zero-order valence-electron chi connectivity index (χ0n) is 13.7. The molecule has 0 unspecified atom stereocenters. The van der Waals surface area contributed by atoms with Crippen LogP contribution in [0.2, 0.25) is 0 Å². The van der Waals surface area contributed by atoms with Crippen LogP contribution in [0, 0.1) is 6.92 Å². The molecule has 1 aromatic heterocycles. The normalized spacial score (nSPS) is 25.2. The summed E-state index contributed by atoms with van der Waals surface area (Å²) in [5.74, 6) is -0.618. The molecule has 1 aliphatic heterocycles. The van der Waals surface area contributed by atoms with E-state index in [4.69, 9.17) is 21.1 Å². The number of nitrogens with zero attached hydrogens (tertiary/aromatic N) is 1. The molecule has 0 amide bonds. The SMILES string of the molecule is Cc1cn([C@@H]2O[C@H](COC(=O)c3ccccc3)[C@@H](F)[C@H]2Cl)c(=O)[nH]c1=O. The Morgan fingerprint density at radius 2 is 2.04 bits per heavy atom. The average Bonchev–Trinajstić information content (AvgIpc) is 2.91. The molecule has 26 heavy (non-hydrogen) atoms. The molecule has 7 nitrogen and oxygen atoms in total. The minimum atomic E-state index is -1.66. The van der Waals surface area contributed by atoms with Gasteiger partial charge in [0.25, 0.3) is 5.56 Å². The zero-order chi connectivity index (χ0) is 18.8. The maximum atomic E-state index is 14.4. The second-order valence-corrected chi connectivity index (χ2v) is 6.40. The lowest BCUT2D eigenvalue weighted by molar-refractivity contribution is -0.0437. The van der Waals surface area contributed by atoms with E-state index in [1.807, 2.05) is 0 Å². The van der Waals surface area contributed by atoms with Gasteiger partial charge >= 0.3 is 11.7 Å². The Morgan fingerprint density at radius 3 is 2.73 bits per heavy atom. The first-order chi connectivity index (χ1) is 12.4. The lowest BCUT2D eigenvalue weighted by atomic mass is 10.2. The minimum Gasteiger partial charge on any atom is -0.459 e. The van der Waals surface area contributed by atoms with Gasteiger partial charge in [0.2, 0.25) is 0 Å². The third kappa shape index (κ3) is 3.56. The molecule has 0 aliphatic carbocycles. The lowest BCUT2D eigenvalue weighted by Crippen LogP contribution is -2.36. The molecule has 3 rings (SSSR count). The van der Waals surface area contributed by atoms with Gasteiger partial charge in [-0.15, -0.1) is 11.6 Å². The van der Waals surface area contributed by atoms with E-state index in [1.54, 1.807) is 30.3 Å². The van der Waals surface area contributed by atoms with Crippen molar-refractivity contribution in [1.29, 1.82) is 0 Å². The van der Waals surface area contributed by atoms with Gasteiger partial charge in [-0.05, 0) is 19.1 Å². The molecule has 138 valence electrons. The molecular weight excluding hydrogens is 367 g/mol. The number of aromatic amines is 1. The van der Waals surface area contributed by atoms with Crippen molar-refractivity contribution in [3.05, 3.63) is 68.5 Å². The van der Waals surface area contributed by atoms with Crippen LogP contribution < -0.4 is 11.2 Å². The highest BCUT2D eigenvalue weighted by molar-refractivity contribution is 6.21. The standard InChI is InChI=1S/C17H16ClFN2O5/c1-9-7-21(17(24)20-14(9)22)15-12(18)13(19)11(26-15)8-25-16(23)10-5-3-2-4-6-10/h2-7,11-13,15H,8H2,1H3,(H,20,22,24)/t11-,12-,13-,15-/m1/s1. The Balaban J connectivity index is 1.72. The van der Waals surface area contributed by atoms with Crippen molar-refractivity contribution in [2.45, 2.75) is 30.8 Å². The highest BCUT2D eigenvalue weighted by Gasteiger charge is 2.46. The Hall–Kier alpha value is -2.45. The lowest BCUT2D eigenvalue weighted by Gasteiger charge is -2.17. The summed E-state index contributed by atoms with van der Waals surface area (Å²) in [6.45, 7) is 1.14. The fourth-order valence-corrected chi connectivity index (χ4v) is 2.98. The van der Waals surface area contributed by atoms with Crippen LogP contribution in [0.25, 0.3) is 0 Å². The van der Waals surface area contributed by atoms with Gasteiger partial charge in [-0.3, -0.25) is 14.3 Å². The molecule has 1 fully saturated rings. The number of esters is 1. The number of carbonyl (C=O) groups is 1. The number of ether oxygens (including phenoxy) is 2. The second kappa shape index (κ2) is 7.43. The van der Waals surface area contributed by atoms with Crippen LogP contribution in [0.15, 0.2) is 46.1 Å². The van der Waals surface area contributed by atoms with Crippen LogP contribution >= 0.6 is 11.6 Å². The van der Waals surface area contributed by atoms with E-state index >= 15 is 0 Å². The third-order valence-corrected chi connectivity index (χ3v) is 4.51. The van der Waals surface area contributed by atoms with E-state index in [0.717, 1.165) is 4.57 Å². The van der Waals surface area contributed by atoms with E-state index in [1.165, 1.54) is 13.1 Å². The van der Waals surface area contributed by atoms with Gasteiger partial charge in [0.15, 0.2) is 12.4 Å². The number of aryl methyl sites for hydroxylation is 1. The van der Waals surface area contributed by atoms with Crippen LogP contribution in [0.1, 0.15) is 22.1 Å². The van der Waals surface area contributed by atoms with E-state index < -0.39 is 41.1 Å².